The third kappa shape index (κ3) is 3.97. The van der Waals surface area contributed by atoms with E-state index in [0.29, 0.717) is 17.9 Å². The molecule has 2 aromatic rings. The molecule has 1 saturated carbocycles. The first kappa shape index (κ1) is 20.1. The SMILES string of the molecule is Cl.Fc1cccc(F)c1-c1noc(C2CC2)c1COC1CCNCC1(F)F. The summed E-state index contributed by atoms with van der Waals surface area (Å²) in [6.07, 6.45) is 0.625. The van der Waals surface area contributed by atoms with Crippen LogP contribution in [0.4, 0.5) is 17.6 Å². The van der Waals surface area contributed by atoms with Crippen LogP contribution in [-0.4, -0.2) is 30.3 Å². The lowest BCUT2D eigenvalue weighted by atomic mass is 10.0. The van der Waals surface area contributed by atoms with Crippen LogP contribution < -0.4 is 5.32 Å². The molecule has 148 valence electrons. The van der Waals surface area contributed by atoms with E-state index in [9.17, 15) is 17.6 Å². The van der Waals surface area contributed by atoms with Crippen LogP contribution in [0.1, 0.15) is 36.5 Å². The van der Waals surface area contributed by atoms with E-state index in [2.05, 4.69) is 10.5 Å². The largest absolute Gasteiger partial charge is 0.367 e. The molecule has 2 fully saturated rings. The number of alkyl halides is 2. The normalized spacial score (nSPS) is 21.7. The fourth-order valence-corrected chi connectivity index (χ4v) is 3.25. The molecule has 1 aromatic heterocycles. The molecule has 4 rings (SSSR count). The van der Waals surface area contributed by atoms with Crippen molar-refractivity contribution < 1.29 is 26.8 Å². The average Bonchev–Trinajstić information content (AvgIpc) is 3.35. The highest BCUT2D eigenvalue weighted by molar-refractivity contribution is 5.85. The van der Waals surface area contributed by atoms with Gasteiger partial charge in [-0.3, -0.25) is 0 Å². The van der Waals surface area contributed by atoms with Crippen LogP contribution in [0, 0.1) is 11.6 Å². The van der Waals surface area contributed by atoms with Crippen LogP contribution in [0.2, 0.25) is 0 Å². The maximum absolute atomic E-state index is 14.2. The lowest BCUT2D eigenvalue weighted by Crippen LogP contribution is -2.50. The van der Waals surface area contributed by atoms with Gasteiger partial charge in [-0.1, -0.05) is 11.2 Å². The molecule has 1 aromatic carbocycles. The Hall–Kier alpha value is -1.64. The van der Waals surface area contributed by atoms with Crippen LogP contribution in [0.25, 0.3) is 11.3 Å². The van der Waals surface area contributed by atoms with Gasteiger partial charge in [0.05, 0.1) is 18.7 Å². The van der Waals surface area contributed by atoms with Crippen LogP contribution in [0.15, 0.2) is 22.7 Å². The molecule has 1 atom stereocenters. The molecule has 0 radical (unpaired) electrons. The zero-order valence-electron chi connectivity index (χ0n) is 14.3. The number of ether oxygens (including phenoxy) is 1. The number of benzene rings is 1. The van der Waals surface area contributed by atoms with Gasteiger partial charge in [-0.15, -0.1) is 12.4 Å². The number of hydrogen-bond acceptors (Lipinski definition) is 4. The van der Waals surface area contributed by atoms with E-state index in [0.717, 1.165) is 25.0 Å². The third-order valence-electron chi connectivity index (χ3n) is 4.81. The Morgan fingerprint density at radius 3 is 2.52 bits per heavy atom. The van der Waals surface area contributed by atoms with Crippen molar-refractivity contribution in [3.05, 3.63) is 41.2 Å². The van der Waals surface area contributed by atoms with Crippen LogP contribution in [-0.2, 0) is 11.3 Å². The maximum atomic E-state index is 14.2. The summed E-state index contributed by atoms with van der Waals surface area (Å²) >= 11 is 0. The second-order valence-corrected chi connectivity index (χ2v) is 6.77. The topological polar surface area (TPSA) is 47.3 Å². The number of piperidine rings is 1. The molecule has 9 heteroatoms. The summed E-state index contributed by atoms with van der Waals surface area (Å²) in [5.41, 5.74) is 0.0180. The molecule has 2 aliphatic rings. The second kappa shape index (κ2) is 7.77. The van der Waals surface area contributed by atoms with Crippen molar-refractivity contribution in [2.75, 3.05) is 13.1 Å². The van der Waals surface area contributed by atoms with Gasteiger partial charge in [0.2, 0.25) is 0 Å². The van der Waals surface area contributed by atoms with Crippen molar-refractivity contribution in [3.8, 4) is 11.3 Å². The van der Waals surface area contributed by atoms with Gasteiger partial charge in [0.25, 0.3) is 5.92 Å². The van der Waals surface area contributed by atoms with Gasteiger partial charge in [0.1, 0.15) is 29.2 Å². The average molecular weight is 407 g/mol. The molecule has 1 N–H and O–H groups in total. The summed E-state index contributed by atoms with van der Waals surface area (Å²) in [6.45, 7) is -0.252. The summed E-state index contributed by atoms with van der Waals surface area (Å²) in [6, 6.07) is 3.49. The summed E-state index contributed by atoms with van der Waals surface area (Å²) in [5.74, 6) is -4.00. The third-order valence-corrected chi connectivity index (χ3v) is 4.81. The van der Waals surface area contributed by atoms with E-state index in [1.54, 1.807) is 0 Å². The van der Waals surface area contributed by atoms with Crippen molar-refractivity contribution in [1.29, 1.82) is 0 Å². The molecule has 4 nitrogen and oxygen atoms in total. The minimum atomic E-state index is -3.00. The van der Waals surface area contributed by atoms with E-state index < -0.39 is 30.2 Å². The molecule has 27 heavy (non-hydrogen) atoms. The van der Waals surface area contributed by atoms with Crippen molar-refractivity contribution in [2.24, 2.45) is 0 Å². The second-order valence-electron chi connectivity index (χ2n) is 6.77. The predicted molar refractivity (Wildman–Crippen MR) is 92.1 cm³/mol. The van der Waals surface area contributed by atoms with Gasteiger partial charge < -0.3 is 14.6 Å². The molecular formula is C18H19ClF4N2O2. The Kier molecular flexibility index (Phi) is 5.79. The van der Waals surface area contributed by atoms with Gasteiger partial charge in [0.15, 0.2) is 0 Å². The number of halogens is 5. The van der Waals surface area contributed by atoms with E-state index in [-0.39, 0.29) is 42.6 Å². The first-order valence-electron chi connectivity index (χ1n) is 8.60. The monoisotopic (exact) mass is 406 g/mol. The minimum Gasteiger partial charge on any atom is -0.367 e. The number of rotatable bonds is 5. The number of nitrogens with zero attached hydrogens (tertiary/aromatic N) is 1. The molecule has 2 heterocycles. The first-order valence-corrected chi connectivity index (χ1v) is 8.60. The van der Waals surface area contributed by atoms with Gasteiger partial charge in [-0.2, -0.15) is 0 Å². The van der Waals surface area contributed by atoms with E-state index in [4.69, 9.17) is 9.26 Å². The quantitative estimate of drug-likeness (QED) is 0.746. The molecule has 1 aliphatic carbocycles. The van der Waals surface area contributed by atoms with E-state index in [1.807, 2.05) is 0 Å². The fraction of sp³-hybridized carbons (Fsp3) is 0.500. The lowest BCUT2D eigenvalue weighted by molar-refractivity contribution is -0.153. The van der Waals surface area contributed by atoms with Crippen LogP contribution in [0.5, 0.6) is 0 Å². The Morgan fingerprint density at radius 2 is 1.89 bits per heavy atom. The van der Waals surface area contributed by atoms with Gasteiger partial charge in [-0.25, -0.2) is 17.6 Å². The summed E-state index contributed by atoms with van der Waals surface area (Å²) in [5, 5.41) is 6.46. The number of hydrogen-bond donors (Lipinski definition) is 1. The molecule has 0 amide bonds. The van der Waals surface area contributed by atoms with Crippen molar-refractivity contribution in [2.45, 2.75) is 43.8 Å². The Morgan fingerprint density at radius 1 is 1.19 bits per heavy atom. The highest BCUT2D eigenvalue weighted by atomic mass is 35.5. The highest BCUT2D eigenvalue weighted by Gasteiger charge is 2.43. The molecule has 1 saturated heterocycles. The zero-order valence-corrected chi connectivity index (χ0v) is 15.1. The predicted octanol–water partition coefficient (Wildman–Crippen LogP) is 4.43. The molecular weight excluding hydrogens is 388 g/mol. The Balaban J connectivity index is 0.00000210. The Bertz CT molecular complexity index is 790. The number of nitrogens with one attached hydrogen (secondary N) is 1. The first-order chi connectivity index (χ1) is 12.5. The van der Waals surface area contributed by atoms with Gasteiger partial charge in [-0.05, 0) is 37.9 Å². The van der Waals surface area contributed by atoms with Gasteiger partial charge in [0, 0.05) is 11.5 Å². The molecule has 1 unspecified atom stereocenters. The summed E-state index contributed by atoms with van der Waals surface area (Å²) < 4.78 is 67.1. The van der Waals surface area contributed by atoms with E-state index >= 15 is 0 Å². The van der Waals surface area contributed by atoms with Crippen LogP contribution >= 0.6 is 12.4 Å². The van der Waals surface area contributed by atoms with Crippen molar-refractivity contribution in [1.82, 2.24) is 10.5 Å². The van der Waals surface area contributed by atoms with Crippen molar-refractivity contribution >= 4 is 12.4 Å². The highest BCUT2D eigenvalue weighted by Crippen LogP contribution is 2.45. The minimum absolute atomic E-state index is 0. The Labute approximate surface area is 159 Å². The van der Waals surface area contributed by atoms with Gasteiger partial charge >= 0.3 is 0 Å². The van der Waals surface area contributed by atoms with E-state index in [1.165, 1.54) is 6.07 Å². The smallest absolute Gasteiger partial charge is 0.285 e. The van der Waals surface area contributed by atoms with Crippen molar-refractivity contribution in [3.63, 3.8) is 0 Å². The maximum Gasteiger partial charge on any atom is 0.285 e. The standard InChI is InChI=1S/C18H18F4N2O2.ClH/c19-12-2-1-3-13(20)15(12)16-11(17(26-24-16)10-4-5-10)8-25-14-6-7-23-9-18(14,21)22;/h1-3,10,14,23H,4-9H2;1H. The molecule has 0 spiro atoms. The molecule has 0 bridgehead atoms. The summed E-state index contributed by atoms with van der Waals surface area (Å²) in [4.78, 5) is 0. The number of aromatic nitrogens is 1. The van der Waals surface area contributed by atoms with Crippen LogP contribution in [0.3, 0.4) is 0 Å². The summed E-state index contributed by atoms with van der Waals surface area (Å²) in [7, 11) is 0. The fourth-order valence-electron chi connectivity index (χ4n) is 3.25. The molecule has 1 aliphatic heterocycles. The lowest BCUT2D eigenvalue weighted by Gasteiger charge is -2.31. The zero-order chi connectivity index (χ0) is 18.3.